The van der Waals surface area contributed by atoms with Gasteiger partial charge >= 0.3 is 0 Å². The zero-order chi connectivity index (χ0) is 11.5. The highest BCUT2D eigenvalue weighted by Gasteiger charge is 2.14. The number of pyridine rings is 1. The van der Waals surface area contributed by atoms with Crippen molar-refractivity contribution in [3.05, 3.63) is 41.9 Å². The minimum Gasteiger partial charge on any atom is -0.392 e. The Balaban J connectivity index is 2.53. The maximum Gasteiger partial charge on any atom is 0.153 e. The number of aliphatic hydroxyl groups excluding tert-OH is 1. The van der Waals surface area contributed by atoms with Crippen molar-refractivity contribution in [2.45, 2.75) is 26.4 Å². The van der Waals surface area contributed by atoms with Crippen LogP contribution >= 0.6 is 0 Å². The maximum absolute atomic E-state index is 9.25. The van der Waals surface area contributed by atoms with Crippen molar-refractivity contribution in [3.8, 4) is 5.82 Å². The van der Waals surface area contributed by atoms with Crippen LogP contribution in [0.15, 0.2) is 30.6 Å². The first-order valence-corrected chi connectivity index (χ1v) is 5.33. The van der Waals surface area contributed by atoms with E-state index >= 15 is 0 Å². The predicted octanol–water partition coefficient (Wildman–Crippen LogP) is 1.88. The van der Waals surface area contributed by atoms with Crippen LogP contribution in [0.3, 0.4) is 0 Å². The van der Waals surface area contributed by atoms with Crippen LogP contribution in [-0.4, -0.2) is 19.9 Å². The second kappa shape index (κ2) is 4.45. The van der Waals surface area contributed by atoms with Crippen LogP contribution in [-0.2, 0) is 6.61 Å². The van der Waals surface area contributed by atoms with E-state index in [1.54, 1.807) is 17.1 Å². The van der Waals surface area contributed by atoms with Crippen molar-refractivity contribution in [3.63, 3.8) is 0 Å². The first kappa shape index (κ1) is 10.8. The number of hydrogen-bond acceptors (Lipinski definition) is 3. The maximum atomic E-state index is 9.25. The molecule has 84 valence electrons. The van der Waals surface area contributed by atoms with Gasteiger partial charge in [-0.2, -0.15) is 5.10 Å². The second-order valence-corrected chi connectivity index (χ2v) is 3.97. The van der Waals surface area contributed by atoms with Crippen molar-refractivity contribution < 1.29 is 5.11 Å². The van der Waals surface area contributed by atoms with Gasteiger partial charge in [-0.15, -0.1) is 0 Å². The topological polar surface area (TPSA) is 50.9 Å². The first-order valence-electron chi connectivity index (χ1n) is 5.33. The van der Waals surface area contributed by atoms with E-state index in [0.29, 0.717) is 5.92 Å². The van der Waals surface area contributed by atoms with Crippen LogP contribution in [0.4, 0.5) is 0 Å². The van der Waals surface area contributed by atoms with E-state index < -0.39 is 0 Å². The second-order valence-electron chi connectivity index (χ2n) is 3.97. The normalized spacial score (nSPS) is 11.0. The highest BCUT2D eigenvalue weighted by atomic mass is 16.3. The Kier molecular flexibility index (Phi) is 3.01. The third-order valence-electron chi connectivity index (χ3n) is 2.47. The summed E-state index contributed by atoms with van der Waals surface area (Å²) >= 11 is 0. The van der Waals surface area contributed by atoms with E-state index in [4.69, 9.17) is 0 Å². The van der Waals surface area contributed by atoms with Gasteiger partial charge in [0, 0.05) is 11.8 Å². The lowest BCUT2D eigenvalue weighted by atomic mass is 10.1. The number of rotatable bonds is 3. The van der Waals surface area contributed by atoms with Crippen LogP contribution in [0.5, 0.6) is 0 Å². The Labute approximate surface area is 94.6 Å². The molecule has 16 heavy (non-hydrogen) atoms. The molecule has 0 aliphatic carbocycles. The summed E-state index contributed by atoms with van der Waals surface area (Å²) in [6.07, 6.45) is 3.43. The van der Waals surface area contributed by atoms with E-state index in [0.717, 1.165) is 17.1 Å². The third-order valence-corrected chi connectivity index (χ3v) is 2.47. The van der Waals surface area contributed by atoms with E-state index in [-0.39, 0.29) is 6.61 Å². The van der Waals surface area contributed by atoms with Gasteiger partial charge in [-0.3, -0.25) is 0 Å². The standard InChI is InChI=1S/C12H15N3O/c1-9(2)12-10(8-16)7-14-15(12)11-5-3-4-6-13-11/h3-7,9,16H,8H2,1-2H3. The molecule has 2 heterocycles. The highest BCUT2D eigenvalue weighted by Crippen LogP contribution is 2.21. The van der Waals surface area contributed by atoms with E-state index in [2.05, 4.69) is 23.9 Å². The molecule has 0 unspecified atom stereocenters. The summed E-state index contributed by atoms with van der Waals surface area (Å²) in [6.45, 7) is 4.17. The molecular formula is C12H15N3O. The quantitative estimate of drug-likeness (QED) is 0.854. The van der Waals surface area contributed by atoms with Gasteiger partial charge in [0.2, 0.25) is 0 Å². The fraction of sp³-hybridized carbons (Fsp3) is 0.333. The fourth-order valence-corrected chi connectivity index (χ4v) is 1.79. The van der Waals surface area contributed by atoms with Gasteiger partial charge in [0.1, 0.15) is 0 Å². The Morgan fingerprint density at radius 3 is 2.75 bits per heavy atom. The molecule has 0 saturated carbocycles. The Bertz CT molecular complexity index is 462. The summed E-state index contributed by atoms with van der Waals surface area (Å²) in [6, 6.07) is 5.70. The molecule has 0 radical (unpaired) electrons. The van der Waals surface area contributed by atoms with Crippen molar-refractivity contribution in [1.82, 2.24) is 14.8 Å². The first-order chi connectivity index (χ1) is 7.74. The zero-order valence-corrected chi connectivity index (χ0v) is 9.46. The molecule has 4 nitrogen and oxygen atoms in total. The lowest BCUT2D eigenvalue weighted by Gasteiger charge is -2.10. The van der Waals surface area contributed by atoms with Gasteiger partial charge in [0.25, 0.3) is 0 Å². The highest BCUT2D eigenvalue weighted by molar-refractivity contribution is 5.30. The molecule has 0 atom stereocenters. The lowest BCUT2D eigenvalue weighted by Crippen LogP contribution is -2.06. The number of nitrogens with zero attached hydrogens (tertiary/aromatic N) is 3. The summed E-state index contributed by atoms with van der Waals surface area (Å²) in [5.41, 5.74) is 1.88. The minimum absolute atomic E-state index is 0.0142. The molecular weight excluding hydrogens is 202 g/mol. The van der Waals surface area contributed by atoms with Crippen molar-refractivity contribution >= 4 is 0 Å². The molecule has 2 aromatic heterocycles. The monoisotopic (exact) mass is 217 g/mol. The number of aliphatic hydroxyl groups is 1. The number of aromatic nitrogens is 3. The molecule has 1 N–H and O–H groups in total. The van der Waals surface area contributed by atoms with Gasteiger partial charge in [-0.25, -0.2) is 9.67 Å². The summed E-state index contributed by atoms with van der Waals surface area (Å²) < 4.78 is 1.79. The number of hydrogen-bond donors (Lipinski definition) is 1. The van der Waals surface area contributed by atoms with Gasteiger partial charge in [-0.05, 0) is 18.1 Å². The Morgan fingerprint density at radius 2 is 2.19 bits per heavy atom. The Hall–Kier alpha value is -1.68. The average molecular weight is 217 g/mol. The van der Waals surface area contributed by atoms with Gasteiger partial charge in [-0.1, -0.05) is 19.9 Å². The molecule has 0 spiro atoms. The molecule has 0 aliphatic rings. The van der Waals surface area contributed by atoms with Crippen LogP contribution in [0, 0.1) is 0 Å². The van der Waals surface area contributed by atoms with Crippen molar-refractivity contribution in [2.75, 3.05) is 0 Å². The summed E-state index contributed by atoms with van der Waals surface area (Å²) in [5, 5.41) is 13.5. The molecule has 0 amide bonds. The lowest BCUT2D eigenvalue weighted by molar-refractivity contribution is 0.280. The molecule has 2 rings (SSSR count). The summed E-state index contributed by atoms with van der Waals surface area (Å²) in [7, 11) is 0. The molecule has 0 fully saturated rings. The smallest absolute Gasteiger partial charge is 0.153 e. The third kappa shape index (κ3) is 1.84. The van der Waals surface area contributed by atoms with E-state index in [1.165, 1.54) is 0 Å². The molecule has 4 heteroatoms. The SMILES string of the molecule is CC(C)c1c(CO)cnn1-c1ccccn1. The van der Waals surface area contributed by atoms with Crippen LogP contribution in [0.25, 0.3) is 5.82 Å². The fourth-order valence-electron chi connectivity index (χ4n) is 1.79. The zero-order valence-electron chi connectivity index (χ0n) is 9.46. The Morgan fingerprint density at radius 1 is 1.38 bits per heavy atom. The minimum atomic E-state index is 0.0142. The molecule has 0 saturated heterocycles. The van der Waals surface area contributed by atoms with E-state index in [1.807, 2.05) is 18.2 Å². The van der Waals surface area contributed by atoms with E-state index in [9.17, 15) is 5.11 Å². The van der Waals surface area contributed by atoms with Crippen LogP contribution < -0.4 is 0 Å². The van der Waals surface area contributed by atoms with Gasteiger partial charge < -0.3 is 5.11 Å². The van der Waals surface area contributed by atoms with Crippen LogP contribution in [0.2, 0.25) is 0 Å². The van der Waals surface area contributed by atoms with Gasteiger partial charge in [0.15, 0.2) is 5.82 Å². The summed E-state index contributed by atoms with van der Waals surface area (Å²) in [4.78, 5) is 4.26. The molecule has 2 aromatic rings. The predicted molar refractivity (Wildman–Crippen MR) is 61.4 cm³/mol. The molecule has 0 aromatic carbocycles. The van der Waals surface area contributed by atoms with Gasteiger partial charge in [0.05, 0.1) is 18.5 Å². The summed E-state index contributed by atoms with van der Waals surface area (Å²) in [5.74, 6) is 1.08. The van der Waals surface area contributed by atoms with Crippen LogP contribution in [0.1, 0.15) is 31.0 Å². The average Bonchev–Trinajstić information content (AvgIpc) is 2.73. The van der Waals surface area contributed by atoms with Crippen molar-refractivity contribution in [1.29, 1.82) is 0 Å². The molecule has 0 aliphatic heterocycles. The largest absolute Gasteiger partial charge is 0.392 e. The molecule has 0 bridgehead atoms. The van der Waals surface area contributed by atoms with Crippen molar-refractivity contribution in [2.24, 2.45) is 0 Å².